The van der Waals surface area contributed by atoms with Crippen molar-refractivity contribution in [1.29, 1.82) is 5.41 Å². The molecule has 0 radical (unpaired) electrons. The minimum atomic E-state index is -1.35. The van der Waals surface area contributed by atoms with E-state index in [0.29, 0.717) is 31.6 Å². The van der Waals surface area contributed by atoms with Crippen LogP contribution in [0.4, 0.5) is 21.0 Å². The lowest BCUT2D eigenvalue weighted by atomic mass is 9.97. The number of carbonyl (C=O) groups excluding carboxylic acids is 7. The van der Waals surface area contributed by atoms with Crippen molar-refractivity contribution in [3.8, 4) is 22.3 Å². The van der Waals surface area contributed by atoms with Gasteiger partial charge in [-0.05, 0) is 161 Å². The number of hydrogen-bond donors (Lipinski definition) is 6. The topological polar surface area (TPSA) is 289 Å². The van der Waals surface area contributed by atoms with Crippen molar-refractivity contribution in [3.05, 3.63) is 175 Å². The highest BCUT2D eigenvalue weighted by atomic mass is 35.5. The number of aliphatic imine (C=N–C) groups is 1. The molecule has 6 aromatic rings. The molecular formula is C77H102Cl4N8O12S2. The maximum absolute atomic E-state index is 13.2. The van der Waals surface area contributed by atoms with Crippen LogP contribution in [0.3, 0.4) is 0 Å². The monoisotopic (exact) mass is 1530 g/mol. The molecule has 0 saturated carbocycles. The fourth-order valence-electron chi connectivity index (χ4n) is 11.1. The molecule has 0 aromatic heterocycles. The number of halogens is 4. The fraction of sp³-hybridized carbons (Fsp3) is 0.403. The van der Waals surface area contributed by atoms with Gasteiger partial charge in [-0.15, -0.1) is 0 Å². The molecule has 562 valence electrons. The molecule has 7 N–H and O–H groups in total. The third-order valence-electron chi connectivity index (χ3n) is 15.7. The summed E-state index contributed by atoms with van der Waals surface area (Å²) in [6, 6.07) is 34.8. The first-order valence-corrected chi connectivity index (χ1v) is 33.4. The first-order valence-electron chi connectivity index (χ1n) is 31.9. The Morgan fingerprint density at radius 2 is 0.961 bits per heavy atom. The highest BCUT2D eigenvalue weighted by Gasteiger charge is 2.30. The zero-order chi connectivity index (χ0) is 70.7. The summed E-state index contributed by atoms with van der Waals surface area (Å²) >= 11 is 25.8. The number of esters is 1. The number of Topliss-reactive ketones (excluding diaryl/α,β-unsaturated/α-hetero) is 2. The predicted molar refractivity (Wildman–Crippen MR) is 428 cm³/mol. The second-order valence-corrected chi connectivity index (χ2v) is 27.2. The van der Waals surface area contributed by atoms with Crippen LogP contribution in [-0.2, 0) is 59.1 Å². The number of alkyl carbamates (subject to hydrolysis) is 1. The summed E-state index contributed by atoms with van der Waals surface area (Å²) in [4.78, 5) is 110. The summed E-state index contributed by atoms with van der Waals surface area (Å²) in [7, 11) is 1.23. The van der Waals surface area contributed by atoms with Gasteiger partial charge >= 0.3 is 24.1 Å². The number of hydrogen-bond acceptors (Lipinski definition) is 14. The number of ketones is 2. The highest BCUT2D eigenvalue weighted by Crippen LogP contribution is 2.35. The summed E-state index contributed by atoms with van der Waals surface area (Å²) in [6.07, 6.45) is 2.91. The average Bonchev–Trinajstić information content (AvgIpc) is 0.826. The van der Waals surface area contributed by atoms with Crippen LogP contribution < -0.4 is 31.5 Å². The van der Waals surface area contributed by atoms with Crippen LogP contribution in [0.1, 0.15) is 166 Å². The minimum Gasteiger partial charge on any atom is -0.480 e. The van der Waals surface area contributed by atoms with Crippen molar-refractivity contribution in [2.24, 2.45) is 10.7 Å². The highest BCUT2D eigenvalue weighted by molar-refractivity contribution is 7.59. The molecule has 0 spiro atoms. The van der Waals surface area contributed by atoms with Crippen LogP contribution >= 0.6 is 73.4 Å². The molecule has 2 aliphatic heterocycles. The summed E-state index contributed by atoms with van der Waals surface area (Å²) in [5, 5.41) is 25.6. The Kier molecular flexibility index (Phi) is 39.0. The number of nitrogens with zero attached hydrogens (tertiary/aromatic N) is 3. The van der Waals surface area contributed by atoms with Crippen molar-refractivity contribution < 1.29 is 57.7 Å². The van der Waals surface area contributed by atoms with Gasteiger partial charge in [0.1, 0.15) is 40.7 Å². The number of fused-ring (bicyclic) bond motifs is 2. The van der Waals surface area contributed by atoms with Gasteiger partial charge in [0.15, 0.2) is 0 Å². The number of carbonyl (C=O) groups is 8. The van der Waals surface area contributed by atoms with Crippen molar-refractivity contribution in [2.45, 2.75) is 172 Å². The van der Waals surface area contributed by atoms with Gasteiger partial charge in [0, 0.05) is 76.1 Å². The molecule has 0 unspecified atom stereocenters. The Morgan fingerprint density at radius 1 is 0.563 bits per heavy atom. The normalized spacial score (nSPS) is 12.7. The van der Waals surface area contributed by atoms with Crippen LogP contribution in [-0.4, -0.2) is 121 Å². The lowest BCUT2D eigenvalue weighted by molar-refractivity contribution is -0.143. The Hall–Kier alpha value is -8.12. The number of carboxylic acids is 1. The molecule has 8 rings (SSSR count). The second-order valence-electron chi connectivity index (χ2n) is 25.6. The van der Waals surface area contributed by atoms with Gasteiger partial charge in [0.2, 0.25) is 0 Å². The Labute approximate surface area is 641 Å². The van der Waals surface area contributed by atoms with Gasteiger partial charge in [0.05, 0.1) is 44.2 Å². The molecule has 2 atom stereocenters. The number of aliphatic carboxylic acids is 1. The summed E-state index contributed by atoms with van der Waals surface area (Å²) < 4.78 is 15.6. The number of benzene rings is 6. The minimum absolute atomic E-state index is 0. The van der Waals surface area contributed by atoms with E-state index in [2.05, 4.69) is 36.8 Å². The fourth-order valence-corrected chi connectivity index (χ4v) is 12.4. The Bertz CT molecular complexity index is 3880. The summed E-state index contributed by atoms with van der Waals surface area (Å²) in [5.41, 5.74) is 13.2. The molecule has 20 nitrogen and oxygen atoms in total. The van der Waals surface area contributed by atoms with Crippen LogP contribution in [0.2, 0.25) is 20.1 Å². The molecular weight excluding hydrogens is 1430 g/mol. The molecule has 6 aromatic carbocycles. The van der Waals surface area contributed by atoms with E-state index in [4.69, 9.17) is 71.8 Å². The van der Waals surface area contributed by atoms with Gasteiger partial charge in [-0.1, -0.05) is 161 Å². The first kappa shape index (κ1) is 92.9. The van der Waals surface area contributed by atoms with E-state index >= 15 is 0 Å². The van der Waals surface area contributed by atoms with Gasteiger partial charge in [-0.3, -0.25) is 29.9 Å². The molecule has 2 aliphatic rings. The van der Waals surface area contributed by atoms with Crippen molar-refractivity contribution in [2.75, 3.05) is 43.1 Å². The van der Waals surface area contributed by atoms with Crippen LogP contribution in [0.25, 0.3) is 22.3 Å². The van der Waals surface area contributed by atoms with Crippen LogP contribution in [0.15, 0.2) is 126 Å². The van der Waals surface area contributed by atoms with E-state index in [-0.39, 0.29) is 156 Å². The molecule has 2 heterocycles. The third kappa shape index (κ3) is 28.8. The zero-order valence-corrected chi connectivity index (χ0v) is 61.4. The number of amidine groups is 2. The molecule has 0 saturated heterocycles. The molecule has 0 aliphatic carbocycles. The van der Waals surface area contributed by atoms with Crippen LogP contribution in [0.5, 0.6) is 0 Å². The maximum Gasteiger partial charge on any atom is 0.435 e. The first-order chi connectivity index (χ1) is 45.9. The number of nitrogens with two attached hydrogens (primary N) is 1. The number of carboxylic acid groups (broad SMARTS) is 1. The largest absolute Gasteiger partial charge is 0.480 e. The smallest absolute Gasteiger partial charge is 0.435 e. The standard InChI is InChI=1S/C41H48Cl2N4O8.C32H34Cl2N4O4.4CH4.2H2S/c1-40(2,3)54-38(52)45-34(46-39(53)55-41(4,5)6)22-25-14-15-27-13-10-19-47(33(27)21-25)20-18-29(48)16-17-32(37(50)51)44-36(49)35-30(42)23-28(24-31(35)43)26-11-8-7-9-12-26;1-42-32(41)27(37-31(40)30-25(33)18-23(19-26(30)34)21-6-3-2-4-7-21)12-11-24(39)13-15-38-14-5-8-22-10-9-20(16-28(22)38)17-29(35)36;;;;;;/h7-9,11-12,14-15,21,23-24,32H,10,13,16-20,22H2,1-6H3,(H,44,49)(H,50,51)(H,45,46,52,53);2-4,6-7,9-10,16,18-19,27H,5,8,11-15,17H2,1H3,(H3,35,36)(H,37,40);4*1H4;2*1H2/t32-;27-;;;;;;/m00....../s1. The van der Waals surface area contributed by atoms with Gasteiger partial charge in [0.25, 0.3) is 11.8 Å². The van der Waals surface area contributed by atoms with Crippen LogP contribution in [0, 0.1) is 5.41 Å². The van der Waals surface area contributed by atoms with Gasteiger partial charge in [-0.25, -0.2) is 19.2 Å². The van der Waals surface area contributed by atoms with E-state index < -0.39 is 59.2 Å². The number of nitrogens with one attached hydrogen (secondary N) is 4. The van der Waals surface area contributed by atoms with Crippen molar-refractivity contribution in [3.63, 3.8) is 0 Å². The Balaban J connectivity index is 0.00000100. The number of anilines is 2. The van der Waals surface area contributed by atoms with E-state index in [0.717, 1.165) is 77.0 Å². The van der Waals surface area contributed by atoms with Crippen molar-refractivity contribution >= 4 is 144 Å². The van der Waals surface area contributed by atoms with E-state index in [1.165, 1.54) is 12.7 Å². The molecule has 26 heteroatoms. The molecule has 103 heavy (non-hydrogen) atoms. The van der Waals surface area contributed by atoms with E-state index in [9.17, 15) is 43.5 Å². The number of ether oxygens (including phenoxy) is 3. The third-order valence-corrected chi connectivity index (χ3v) is 16.8. The van der Waals surface area contributed by atoms with Crippen molar-refractivity contribution in [1.82, 2.24) is 16.0 Å². The van der Waals surface area contributed by atoms with E-state index in [1.807, 2.05) is 91.0 Å². The van der Waals surface area contributed by atoms with Gasteiger partial charge < -0.3 is 45.5 Å². The molecule has 0 fully saturated rings. The van der Waals surface area contributed by atoms with Gasteiger partial charge in [-0.2, -0.15) is 32.0 Å². The zero-order valence-electron chi connectivity index (χ0n) is 56.4. The number of amides is 4. The SMILES string of the molecule is C.C.C.C.CC(C)(C)OC(=O)N=C(Cc1ccc2c(c1)N(CCC(=O)CC[C@H](NC(=O)c1c(Cl)cc(-c3ccccc3)cc1Cl)C(=O)O)CCC2)NC(=O)OC(C)(C)C.COC(=O)[C@H](CCC(=O)CCN1CCCc2ccc(CC(=N)N)cc21)NC(=O)c1c(Cl)cc(-c2ccccc2)cc1Cl.S.S. The Morgan fingerprint density at radius 3 is 1.35 bits per heavy atom. The number of aryl methyl sites for hydroxylation is 2. The molecule has 4 amide bonds. The lowest BCUT2D eigenvalue weighted by Crippen LogP contribution is -2.42. The quantitative estimate of drug-likeness (QED) is 0.0142. The maximum atomic E-state index is 13.2. The average molecular weight is 1540 g/mol. The lowest BCUT2D eigenvalue weighted by Gasteiger charge is -2.32. The second kappa shape index (κ2) is 43.2. The number of methoxy groups -OCH3 is 1. The summed E-state index contributed by atoms with van der Waals surface area (Å²) in [5.74, 6) is -3.37. The summed E-state index contributed by atoms with van der Waals surface area (Å²) in [6.45, 7) is 12.8. The predicted octanol–water partition coefficient (Wildman–Crippen LogP) is 16.8. The van der Waals surface area contributed by atoms with E-state index in [1.54, 1.807) is 65.8 Å². The molecule has 0 bridgehead atoms. The number of rotatable bonds is 24.